The Hall–Kier alpha value is -2.11. The average Bonchev–Trinajstić information content (AvgIpc) is 2.37. The molecule has 21 heavy (non-hydrogen) atoms. The van der Waals surface area contributed by atoms with E-state index in [0.29, 0.717) is 13.0 Å². The minimum atomic E-state index is -0.789. The standard InChI is InChI=1S/C15H22N2O4/c1-11-8-13(18)9-12(2)17(11)10-14(19)16-7-5-3-4-6-15(20)21/h8-9H,3-7,10H2,1-2H3,(H,16,19)(H,20,21). The number of carboxylic acid groups (broad SMARTS) is 1. The highest BCUT2D eigenvalue weighted by Gasteiger charge is 2.06. The van der Waals surface area contributed by atoms with Crippen molar-refractivity contribution in [1.82, 2.24) is 9.88 Å². The van der Waals surface area contributed by atoms with Crippen molar-refractivity contribution in [1.29, 1.82) is 0 Å². The van der Waals surface area contributed by atoms with Crippen LogP contribution in [0.2, 0.25) is 0 Å². The van der Waals surface area contributed by atoms with Crippen LogP contribution in [-0.2, 0) is 16.1 Å². The molecule has 0 fully saturated rings. The van der Waals surface area contributed by atoms with Crippen LogP contribution in [0.5, 0.6) is 0 Å². The zero-order valence-corrected chi connectivity index (χ0v) is 12.5. The number of hydrogen-bond donors (Lipinski definition) is 2. The molecule has 0 aliphatic heterocycles. The first-order chi connectivity index (χ1) is 9.90. The molecule has 0 saturated heterocycles. The Labute approximate surface area is 123 Å². The van der Waals surface area contributed by atoms with Gasteiger partial charge in [-0.05, 0) is 26.7 Å². The molecule has 6 nitrogen and oxygen atoms in total. The van der Waals surface area contributed by atoms with Gasteiger partial charge in [-0.15, -0.1) is 0 Å². The van der Waals surface area contributed by atoms with Gasteiger partial charge in [-0.25, -0.2) is 0 Å². The second kappa shape index (κ2) is 8.24. The van der Waals surface area contributed by atoms with E-state index in [4.69, 9.17) is 5.11 Å². The minimum absolute atomic E-state index is 0.0555. The van der Waals surface area contributed by atoms with Gasteiger partial charge >= 0.3 is 5.97 Å². The molecule has 0 aromatic carbocycles. The molecule has 0 spiro atoms. The van der Waals surface area contributed by atoms with Crippen molar-refractivity contribution in [2.45, 2.75) is 46.1 Å². The van der Waals surface area contributed by atoms with E-state index in [2.05, 4.69) is 5.32 Å². The van der Waals surface area contributed by atoms with Crippen molar-refractivity contribution in [2.24, 2.45) is 0 Å². The molecular weight excluding hydrogens is 272 g/mol. The van der Waals surface area contributed by atoms with Crippen LogP contribution in [0.3, 0.4) is 0 Å². The third-order valence-corrected chi connectivity index (χ3v) is 3.25. The van der Waals surface area contributed by atoms with E-state index < -0.39 is 5.97 Å². The fourth-order valence-corrected chi connectivity index (χ4v) is 2.14. The van der Waals surface area contributed by atoms with E-state index in [1.54, 1.807) is 18.4 Å². The van der Waals surface area contributed by atoms with Crippen molar-refractivity contribution in [3.05, 3.63) is 33.7 Å². The van der Waals surface area contributed by atoms with Crippen LogP contribution in [0.15, 0.2) is 16.9 Å². The smallest absolute Gasteiger partial charge is 0.303 e. The van der Waals surface area contributed by atoms with Crippen molar-refractivity contribution in [3.63, 3.8) is 0 Å². The number of aryl methyl sites for hydroxylation is 2. The number of aliphatic carboxylic acids is 1. The number of aromatic nitrogens is 1. The number of carboxylic acids is 1. The summed E-state index contributed by atoms with van der Waals surface area (Å²) in [6.07, 6.45) is 2.34. The van der Waals surface area contributed by atoms with E-state index in [-0.39, 0.29) is 24.3 Å². The Bertz CT molecular complexity index is 537. The van der Waals surface area contributed by atoms with Crippen molar-refractivity contribution >= 4 is 11.9 Å². The van der Waals surface area contributed by atoms with E-state index in [1.807, 2.05) is 0 Å². The predicted octanol–water partition coefficient (Wildman–Crippen LogP) is 1.23. The molecule has 6 heteroatoms. The summed E-state index contributed by atoms with van der Waals surface area (Å²) >= 11 is 0. The molecule has 0 bridgehead atoms. The molecule has 0 aliphatic rings. The largest absolute Gasteiger partial charge is 0.481 e. The highest BCUT2D eigenvalue weighted by atomic mass is 16.4. The topological polar surface area (TPSA) is 88.4 Å². The van der Waals surface area contributed by atoms with Crippen LogP contribution < -0.4 is 10.7 Å². The number of hydrogen-bond acceptors (Lipinski definition) is 3. The molecule has 0 atom stereocenters. The second-order valence-electron chi connectivity index (χ2n) is 5.11. The molecule has 1 aromatic rings. The lowest BCUT2D eigenvalue weighted by molar-refractivity contribution is -0.137. The Kier molecular flexibility index (Phi) is 6.65. The molecule has 1 aromatic heterocycles. The first kappa shape index (κ1) is 16.9. The van der Waals surface area contributed by atoms with Crippen molar-refractivity contribution in [2.75, 3.05) is 6.54 Å². The summed E-state index contributed by atoms with van der Waals surface area (Å²) in [4.78, 5) is 33.5. The molecule has 116 valence electrons. The first-order valence-electron chi connectivity index (χ1n) is 7.06. The summed E-state index contributed by atoms with van der Waals surface area (Å²) in [6, 6.07) is 3.01. The third kappa shape index (κ3) is 6.25. The van der Waals surface area contributed by atoms with E-state index in [1.165, 1.54) is 12.1 Å². The molecule has 1 heterocycles. The molecule has 2 N–H and O–H groups in total. The lowest BCUT2D eigenvalue weighted by atomic mass is 10.2. The van der Waals surface area contributed by atoms with Gasteiger partial charge in [0.1, 0.15) is 6.54 Å². The molecule has 0 radical (unpaired) electrons. The number of carbonyl (C=O) groups is 2. The summed E-state index contributed by atoms with van der Waals surface area (Å²) in [5.41, 5.74) is 1.47. The zero-order valence-electron chi connectivity index (χ0n) is 12.5. The quantitative estimate of drug-likeness (QED) is 0.706. The number of nitrogens with zero attached hydrogens (tertiary/aromatic N) is 1. The Morgan fingerprint density at radius 3 is 2.33 bits per heavy atom. The lowest BCUT2D eigenvalue weighted by Crippen LogP contribution is -2.30. The van der Waals surface area contributed by atoms with Crippen LogP contribution >= 0.6 is 0 Å². The number of pyridine rings is 1. The number of nitrogens with one attached hydrogen (secondary N) is 1. The van der Waals surface area contributed by atoms with Crippen LogP contribution in [0.4, 0.5) is 0 Å². The molecule has 0 aliphatic carbocycles. The van der Waals surface area contributed by atoms with Gasteiger partial charge in [0.2, 0.25) is 5.91 Å². The highest BCUT2D eigenvalue weighted by Crippen LogP contribution is 2.02. The van der Waals surface area contributed by atoms with Crippen LogP contribution in [0.25, 0.3) is 0 Å². The molecule has 1 rings (SSSR count). The van der Waals surface area contributed by atoms with Crippen molar-refractivity contribution in [3.8, 4) is 0 Å². The Balaban J connectivity index is 2.35. The van der Waals surface area contributed by atoms with Gasteiger partial charge in [-0.3, -0.25) is 14.4 Å². The van der Waals surface area contributed by atoms with Crippen molar-refractivity contribution < 1.29 is 14.7 Å². The molecule has 0 saturated carbocycles. The normalized spacial score (nSPS) is 10.4. The number of rotatable bonds is 8. The van der Waals surface area contributed by atoms with E-state index in [0.717, 1.165) is 24.2 Å². The maximum absolute atomic E-state index is 11.8. The maximum Gasteiger partial charge on any atom is 0.303 e. The third-order valence-electron chi connectivity index (χ3n) is 3.25. The van der Waals surface area contributed by atoms with Gasteiger partial charge in [0.05, 0.1) is 0 Å². The van der Waals surface area contributed by atoms with Gasteiger partial charge in [-0.1, -0.05) is 6.42 Å². The monoisotopic (exact) mass is 294 g/mol. The highest BCUT2D eigenvalue weighted by molar-refractivity contribution is 5.75. The summed E-state index contributed by atoms with van der Waals surface area (Å²) in [6.45, 7) is 4.32. The van der Waals surface area contributed by atoms with Gasteiger partial charge in [0.25, 0.3) is 0 Å². The van der Waals surface area contributed by atoms with E-state index in [9.17, 15) is 14.4 Å². The van der Waals surface area contributed by atoms with Gasteiger partial charge in [-0.2, -0.15) is 0 Å². The molecular formula is C15H22N2O4. The van der Waals surface area contributed by atoms with Crippen LogP contribution in [-0.4, -0.2) is 28.1 Å². The summed E-state index contributed by atoms with van der Waals surface area (Å²) in [7, 11) is 0. The Morgan fingerprint density at radius 1 is 1.14 bits per heavy atom. The first-order valence-corrected chi connectivity index (χ1v) is 7.06. The predicted molar refractivity (Wildman–Crippen MR) is 79.3 cm³/mol. The molecule has 1 amide bonds. The van der Waals surface area contributed by atoms with Gasteiger partial charge in [0.15, 0.2) is 5.43 Å². The summed E-state index contributed by atoms with van der Waals surface area (Å²) in [5.74, 6) is -0.897. The summed E-state index contributed by atoms with van der Waals surface area (Å²) in [5, 5.41) is 11.3. The number of amides is 1. The average molecular weight is 294 g/mol. The molecule has 0 unspecified atom stereocenters. The summed E-state index contributed by atoms with van der Waals surface area (Å²) < 4.78 is 1.79. The number of carbonyl (C=O) groups excluding carboxylic acids is 1. The fourth-order valence-electron chi connectivity index (χ4n) is 2.14. The lowest BCUT2D eigenvalue weighted by Gasteiger charge is -2.14. The minimum Gasteiger partial charge on any atom is -0.481 e. The maximum atomic E-state index is 11.8. The number of unbranched alkanes of at least 4 members (excludes halogenated alkanes) is 2. The SMILES string of the molecule is Cc1cc(=O)cc(C)n1CC(=O)NCCCCCC(=O)O. The fraction of sp³-hybridized carbons (Fsp3) is 0.533. The Morgan fingerprint density at radius 2 is 1.76 bits per heavy atom. The van der Waals surface area contributed by atoms with Gasteiger partial charge in [0, 0.05) is 36.5 Å². The van der Waals surface area contributed by atoms with Crippen LogP contribution in [0.1, 0.15) is 37.1 Å². The van der Waals surface area contributed by atoms with E-state index >= 15 is 0 Å². The van der Waals surface area contributed by atoms with Gasteiger partial charge < -0.3 is 15.0 Å². The van der Waals surface area contributed by atoms with Crippen LogP contribution in [0, 0.1) is 13.8 Å². The zero-order chi connectivity index (χ0) is 15.8. The second-order valence-corrected chi connectivity index (χ2v) is 5.11.